The van der Waals surface area contributed by atoms with Crippen LogP contribution in [0.2, 0.25) is 5.02 Å². The van der Waals surface area contributed by atoms with Crippen LogP contribution in [0.4, 0.5) is 0 Å². The van der Waals surface area contributed by atoms with E-state index >= 15 is 0 Å². The van der Waals surface area contributed by atoms with Crippen molar-refractivity contribution < 1.29 is 14.7 Å². The predicted octanol–water partition coefficient (Wildman–Crippen LogP) is 1.85. The summed E-state index contributed by atoms with van der Waals surface area (Å²) in [6, 6.07) is 4.00. The van der Waals surface area contributed by atoms with Crippen molar-refractivity contribution in [3.8, 4) is 0 Å². The minimum Gasteiger partial charge on any atom is -0.480 e. The van der Waals surface area contributed by atoms with Gasteiger partial charge in [0.15, 0.2) is 0 Å². The maximum absolute atomic E-state index is 11.7. The highest BCUT2D eigenvalue weighted by Gasteiger charge is 2.17. The molecule has 1 rings (SSSR count). The van der Waals surface area contributed by atoms with E-state index in [2.05, 4.69) is 5.32 Å². The number of amides is 1. The van der Waals surface area contributed by atoms with Gasteiger partial charge in [-0.05, 0) is 31.5 Å². The van der Waals surface area contributed by atoms with Crippen molar-refractivity contribution in [1.29, 1.82) is 0 Å². The summed E-state index contributed by atoms with van der Waals surface area (Å²) in [5, 5.41) is 11.5. The fourth-order valence-electron chi connectivity index (χ4n) is 1.19. The normalized spacial score (nSPS) is 11.9. The van der Waals surface area contributed by atoms with Gasteiger partial charge in [-0.15, -0.1) is 0 Å². The molecule has 1 amide bonds. The van der Waals surface area contributed by atoms with Crippen molar-refractivity contribution in [1.82, 2.24) is 5.32 Å². The molecule has 0 fully saturated rings. The lowest BCUT2D eigenvalue weighted by molar-refractivity contribution is -0.138. The number of carboxylic acids is 1. The van der Waals surface area contributed by atoms with E-state index in [1.54, 1.807) is 25.1 Å². The molecule has 0 heterocycles. The maximum atomic E-state index is 11.7. The number of aliphatic carboxylic acids is 1. The first-order valence-electron chi connectivity index (χ1n) is 4.72. The van der Waals surface area contributed by atoms with E-state index < -0.39 is 17.9 Å². The van der Waals surface area contributed by atoms with E-state index in [9.17, 15) is 9.59 Å². The van der Waals surface area contributed by atoms with Gasteiger partial charge in [0.2, 0.25) is 0 Å². The molecule has 0 aliphatic rings. The number of benzene rings is 1. The second-order valence-corrected chi connectivity index (χ2v) is 3.85. The van der Waals surface area contributed by atoms with E-state index in [0.29, 0.717) is 16.1 Å². The summed E-state index contributed by atoms with van der Waals surface area (Å²) in [5.41, 5.74) is 1.03. The van der Waals surface area contributed by atoms with Crippen LogP contribution < -0.4 is 5.32 Å². The Kier molecular flexibility index (Phi) is 3.90. The summed E-state index contributed by atoms with van der Waals surface area (Å²) < 4.78 is 0. The molecule has 0 saturated heterocycles. The van der Waals surface area contributed by atoms with Crippen LogP contribution in [0.25, 0.3) is 0 Å². The molecule has 0 spiro atoms. The van der Waals surface area contributed by atoms with Crippen molar-refractivity contribution in [2.24, 2.45) is 0 Å². The Balaban J connectivity index is 2.89. The molecule has 4 nitrogen and oxygen atoms in total. The van der Waals surface area contributed by atoms with Gasteiger partial charge in [0.1, 0.15) is 6.04 Å². The highest BCUT2D eigenvalue weighted by atomic mass is 35.5. The lowest BCUT2D eigenvalue weighted by Crippen LogP contribution is -2.38. The molecule has 1 aromatic rings. The molecule has 0 aliphatic carbocycles. The average Bonchev–Trinajstić information content (AvgIpc) is 2.21. The predicted molar refractivity (Wildman–Crippen MR) is 60.8 cm³/mol. The molecule has 0 saturated carbocycles. The topological polar surface area (TPSA) is 66.4 Å². The Morgan fingerprint density at radius 1 is 1.44 bits per heavy atom. The third kappa shape index (κ3) is 2.73. The first-order chi connectivity index (χ1) is 7.43. The van der Waals surface area contributed by atoms with E-state index in [1.165, 1.54) is 6.92 Å². The zero-order valence-electron chi connectivity index (χ0n) is 8.95. The first-order valence-corrected chi connectivity index (χ1v) is 5.10. The van der Waals surface area contributed by atoms with E-state index in [-0.39, 0.29) is 0 Å². The summed E-state index contributed by atoms with van der Waals surface area (Å²) in [4.78, 5) is 22.3. The van der Waals surface area contributed by atoms with E-state index in [4.69, 9.17) is 16.7 Å². The Morgan fingerprint density at radius 3 is 2.62 bits per heavy atom. The molecule has 1 aromatic carbocycles. The molecule has 16 heavy (non-hydrogen) atoms. The number of carboxylic acid groups (broad SMARTS) is 1. The van der Waals surface area contributed by atoms with Crippen LogP contribution in [0.3, 0.4) is 0 Å². The van der Waals surface area contributed by atoms with Crippen LogP contribution in [0, 0.1) is 6.92 Å². The maximum Gasteiger partial charge on any atom is 0.325 e. The molecule has 1 atom stereocenters. The van der Waals surface area contributed by atoms with Crippen molar-refractivity contribution in [2.45, 2.75) is 19.9 Å². The largest absolute Gasteiger partial charge is 0.480 e. The van der Waals surface area contributed by atoms with Gasteiger partial charge in [-0.1, -0.05) is 17.7 Å². The molecule has 0 aromatic heterocycles. The standard InChI is InChI=1S/C11H12ClNO3/c1-6-8(4-3-5-9(6)12)10(14)13-7(2)11(15)16/h3-5,7H,1-2H3,(H,13,14)(H,15,16)/t7-/m0/s1. The van der Waals surface area contributed by atoms with Gasteiger partial charge in [-0.2, -0.15) is 0 Å². The Bertz CT molecular complexity index is 431. The van der Waals surface area contributed by atoms with Crippen molar-refractivity contribution in [2.75, 3.05) is 0 Å². The fraction of sp³-hybridized carbons (Fsp3) is 0.273. The summed E-state index contributed by atoms with van der Waals surface area (Å²) >= 11 is 5.86. The third-order valence-electron chi connectivity index (χ3n) is 2.23. The van der Waals surface area contributed by atoms with E-state index in [1.807, 2.05) is 0 Å². The zero-order chi connectivity index (χ0) is 12.3. The van der Waals surface area contributed by atoms with Crippen LogP contribution in [-0.4, -0.2) is 23.0 Å². The number of nitrogens with one attached hydrogen (secondary N) is 1. The molecular weight excluding hydrogens is 230 g/mol. The quantitative estimate of drug-likeness (QED) is 0.849. The summed E-state index contributed by atoms with van der Waals surface area (Å²) in [7, 11) is 0. The van der Waals surface area contributed by atoms with Crippen molar-refractivity contribution >= 4 is 23.5 Å². The highest BCUT2D eigenvalue weighted by molar-refractivity contribution is 6.31. The molecule has 5 heteroatoms. The minimum absolute atomic E-state index is 0.389. The molecule has 0 unspecified atom stereocenters. The van der Waals surface area contributed by atoms with Crippen molar-refractivity contribution in [3.63, 3.8) is 0 Å². The van der Waals surface area contributed by atoms with Gasteiger partial charge in [0, 0.05) is 10.6 Å². The second-order valence-electron chi connectivity index (χ2n) is 3.45. The van der Waals surface area contributed by atoms with Gasteiger partial charge in [0.05, 0.1) is 0 Å². The number of hydrogen-bond acceptors (Lipinski definition) is 2. The van der Waals surface area contributed by atoms with Gasteiger partial charge in [-0.25, -0.2) is 0 Å². The fourth-order valence-corrected chi connectivity index (χ4v) is 1.36. The lowest BCUT2D eigenvalue weighted by atomic mass is 10.1. The average molecular weight is 242 g/mol. The SMILES string of the molecule is Cc1c(Cl)cccc1C(=O)N[C@@H](C)C(=O)O. The monoisotopic (exact) mass is 241 g/mol. The van der Waals surface area contributed by atoms with Gasteiger partial charge in [0.25, 0.3) is 5.91 Å². The Morgan fingerprint density at radius 2 is 2.06 bits per heavy atom. The van der Waals surface area contributed by atoms with E-state index in [0.717, 1.165) is 0 Å². The lowest BCUT2D eigenvalue weighted by Gasteiger charge is -2.11. The zero-order valence-corrected chi connectivity index (χ0v) is 9.71. The number of hydrogen-bond donors (Lipinski definition) is 2. The molecule has 0 aliphatic heterocycles. The summed E-state index contributed by atoms with van der Waals surface area (Å²) in [6.07, 6.45) is 0. The summed E-state index contributed by atoms with van der Waals surface area (Å²) in [5.74, 6) is -1.51. The van der Waals surface area contributed by atoms with Gasteiger partial charge in [-0.3, -0.25) is 9.59 Å². The Hall–Kier alpha value is -1.55. The van der Waals surface area contributed by atoms with Crippen LogP contribution in [0.5, 0.6) is 0 Å². The number of carbonyl (C=O) groups is 2. The smallest absolute Gasteiger partial charge is 0.325 e. The van der Waals surface area contributed by atoms with Gasteiger partial charge < -0.3 is 10.4 Å². The Labute approximate surface area is 98.2 Å². The molecule has 0 radical (unpaired) electrons. The van der Waals surface area contributed by atoms with Crippen molar-refractivity contribution in [3.05, 3.63) is 34.3 Å². The molecule has 86 valence electrons. The van der Waals surface area contributed by atoms with Gasteiger partial charge >= 0.3 is 5.97 Å². The molecule has 0 bridgehead atoms. The second kappa shape index (κ2) is 4.99. The number of carbonyl (C=O) groups excluding carboxylic acids is 1. The molecular formula is C11H12ClNO3. The number of rotatable bonds is 3. The van der Waals surface area contributed by atoms with Crippen LogP contribution >= 0.6 is 11.6 Å². The molecule has 2 N–H and O–H groups in total. The minimum atomic E-state index is -1.08. The third-order valence-corrected chi connectivity index (χ3v) is 2.64. The first kappa shape index (κ1) is 12.5. The summed E-state index contributed by atoms with van der Waals surface area (Å²) in [6.45, 7) is 3.11. The van der Waals surface area contributed by atoms with Crippen LogP contribution in [0.15, 0.2) is 18.2 Å². The highest BCUT2D eigenvalue weighted by Crippen LogP contribution is 2.18. The number of halogens is 1. The van der Waals surface area contributed by atoms with Crippen LogP contribution in [0.1, 0.15) is 22.8 Å². The van der Waals surface area contributed by atoms with Crippen LogP contribution in [-0.2, 0) is 4.79 Å².